The first-order valence-electron chi connectivity index (χ1n) is 5.48. The van der Waals surface area contributed by atoms with Gasteiger partial charge in [0.25, 0.3) is 5.91 Å². The van der Waals surface area contributed by atoms with E-state index in [1.165, 1.54) is 0 Å². The van der Waals surface area contributed by atoms with Crippen molar-refractivity contribution in [2.24, 2.45) is 11.8 Å². The molecule has 0 aromatic carbocycles. The van der Waals surface area contributed by atoms with Crippen molar-refractivity contribution in [2.45, 2.75) is 26.3 Å². The number of carbonyl (C=O) groups is 2. The number of rotatable bonds is 6. The molecule has 17 heavy (non-hydrogen) atoms. The van der Waals surface area contributed by atoms with Gasteiger partial charge in [0.2, 0.25) is 6.04 Å². The van der Waals surface area contributed by atoms with E-state index in [2.05, 4.69) is 10.1 Å². The van der Waals surface area contributed by atoms with Gasteiger partial charge in [-0.2, -0.15) is 0 Å². The lowest BCUT2D eigenvalue weighted by Gasteiger charge is -2.07. The number of hydrogen-bond acceptors (Lipinski definition) is 5. The number of carbonyl (C=O) groups excluding carboxylic acids is 2. The van der Waals surface area contributed by atoms with Gasteiger partial charge in [0.15, 0.2) is 6.61 Å². The topological polar surface area (TPSA) is 98.5 Å². The van der Waals surface area contributed by atoms with Crippen LogP contribution in [0.4, 0.5) is 0 Å². The number of amides is 1. The van der Waals surface area contributed by atoms with E-state index in [1.807, 2.05) is 13.8 Å². The van der Waals surface area contributed by atoms with E-state index in [1.54, 1.807) is 0 Å². The van der Waals surface area contributed by atoms with Crippen LogP contribution in [0, 0.1) is 22.0 Å². The molecule has 0 heterocycles. The molecule has 1 aliphatic rings. The van der Waals surface area contributed by atoms with Crippen LogP contribution in [0.2, 0.25) is 0 Å². The number of hydrogen-bond donors (Lipinski definition) is 1. The third-order valence-corrected chi connectivity index (χ3v) is 2.38. The molecule has 0 bridgehead atoms. The molecule has 1 rings (SSSR count). The maximum absolute atomic E-state index is 11.3. The summed E-state index contributed by atoms with van der Waals surface area (Å²) in [4.78, 5) is 32.3. The normalized spacial score (nSPS) is 22.1. The standard InChI is InChI=1S/C10H16N2O5/c1-6(2)4-11-9(13)5-17-10(14)7-3-8(7)12(15)16/h6-8H,3-5H2,1-2H3,(H,11,13). The lowest BCUT2D eigenvalue weighted by atomic mass is 10.2. The fraction of sp³-hybridized carbons (Fsp3) is 0.800. The van der Waals surface area contributed by atoms with Crippen molar-refractivity contribution in [3.05, 3.63) is 10.1 Å². The summed E-state index contributed by atoms with van der Waals surface area (Å²) in [5.74, 6) is -1.41. The van der Waals surface area contributed by atoms with Crippen molar-refractivity contribution in [1.29, 1.82) is 0 Å². The molecule has 7 heteroatoms. The third kappa shape index (κ3) is 4.38. The minimum absolute atomic E-state index is 0.208. The Labute approximate surface area is 98.7 Å². The lowest BCUT2D eigenvalue weighted by molar-refractivity contribution is -0.497. The number of nitrogens with zero attached hydrogens (tertiary/aromatic N) is 1. The van der Waals surface area contributed by atoms with Crippen LogP contribution in [-0.4, -0.2) is 36.0 Å². The summed E-state index contributed by atoms with van der Waals surface area (Å²) in [6.07, 6.45) is 0.208. The van der Waals surface area contributed by atoms with E-state index >= 15 is 0 Å². The molecule has 0 radical (unpaired) electrons. The van der Waals surface area contributed by atoms with Crippen LogP contribution >= 0.6 is 0 Å². The maximum atomic E-state index is 11.3. The molecule has 1 aliphatic carbocycles. The Balaban J connectivity index is 2.17. The van der Waals surface area contributed by atoms with Crippen LogP contribution in [0.3, 0.4) is 0 Å². The highest BCUT2D eigenvalue weighted by molar-refractivity contribution is 5.82. The van der Waals surface area contributed by atoms with Gasteiger partial charge >= 0.3 is 5.97 Å². The summed E-state index contributed by atoms with van der Waals surface area (Å²) in [5, 5.41) is 12.9. The van der Waals surface area contributed by atoms with Crippen LogP contribution in [-0.2, 0) is 14.3 Å². The van der Waals surface area contributed by atoms with E-state index in [0.29, 0.717) is 12.5 Å². The summed E-state index contributed by atoms with van der Waals surface area (Å²) < 4.78 is 4.69. The summed E-state index contributed by atoms with van der Waals surface area (Å²) in [6, 6.07) is -0.832. The Morgan fingerprint density at radius 1 is 1.53 bits per heavy atom. The van der Waals surface area contributed by atoms with E-state index in [0.717, 1.165) is 0 Å². The molecule has 1 amide bonds. The second kappa shape index (κ2) is 5.60. The zero-order valence-corrected chi connectivity index (χ0v) is 9.84. The molecule has 2 atom stereocenters. The minimum atomic E-state index is -0.832. The molecule has 1 fully saturated rings. The van der Waals surface area contributed by atoms with E-state index < -0.39 is 22.9 Å². The molecule has 0 aromatic rings. The average molecular weight is 244 g/mol. The van der Waals surface area contributed by atoms with Gasteiger partial charge in [-0.05, 0) is 5.92 Å². The van der Waals surface area contributed by atoms with Gasteiger partial charge in [-0.25, -0.2) is 0 Å². The summed E-state index contributed by atoms with van der Waals surface area (Å²) in [5.41, 5.74) is 0. The predicted octanol–water partition coefficient (Wildman–Crippen LogP) is -0.0330. The highest BCUT2D eigenvalue weighted by atomic mass is 16.6. The van der Waals surface area contributed by atoms with Crippen LogP contribution in [0.5, 0.6) is 0 Å². The molecule has 0 spiro atoms. The van der Waals surface area contributed by atoms with Crippen LogP contribution < -0.4 is 5.32 Å². The number of ether oxygens (including phenoxy) is 1. The molecule has 7 nitrogen and oxygen atoms in total. The highest BCUT2D eigenvalue weighted by Crippen LogP contribution is 2.33. The summed E-state index contributed by atoms with van der Waals surface area (Å²) in [6.45, 7) is 4.03. The smallest absolute Gasteiger partial charge is 0.316 e. The van der Waals surface area contributed by atoms with Crippen molar-refractivity contribution in [3.8, 4) is 0 Å². The molecule has 96 valence electrons. The fourth-order valence-electron chi connectivity index (χ4n) is 1.28. The molecule has 0 aromatic heterocycles. The van der Waals surface area contributed by atoms with Gasteiger partial charge in [-0.15, -0.1) is 0 Å². The Kier molecular flexibility index (Phi) is 4.42. The Hall–Kier alpha value is -1.66. The van der Waals surface area contributed by atoms with E-state index in [-0.39, 0.29) is 18.9 Å². The van der Waals surface area contributed by atoms with Crippen LogP contribution in [0.1, 0.15) is 20.3 Å². The highest BCUT2D eigenvalue weighted by Gasteiger charge is 2.54. The predicted molar refractivity (Wildman–Crippen MR) is 57.7 cm³/mol. The van der Waals surface area contributed by atoms with Gasteiger partial charge < -0.3 is 10.1 Å². The maximum Gasteiger partial charge on any atom is 0.316 e. The van der Waals surface area contributed by atoms with E-state index in [9.17, 15) is 19.7 Å². The Bertz CT molecular complexity index is 329. The second-order valence-corrected chi connectivity index (χ2v) is 4.50. The molecule has 1 N–H and O–H groups in total. The Morgan fingerprint density at radius 3 is 2.65 bits per heavy atom. The molecule has 0 aliphatic heterocycles. The van der Waals surface area contributed by atoms with Crippen molar-refractivity contribution < 1.29 is 19.2 Å². The number of esters is 1. The van der Waals surface area contributed by atoms with Crippen molar-refractivity contribution >= 4 is 11.9 Å². The first-order valence-corrected chi connectivity index (χ1v) is 5.48. The molecular weight excluding hydrogens is 228 g/mol. The van der Waals surface area contributed by atoms with Crippen molar-refractivity contribution in [2.75, 3.05) is 13.2 Å². The molecule has 2 unspecified atom stereocenters. The largest absolute Gasteiger partial charge is 0.455 e. The second-order valence-electron chi connectivity index (χ2n) is 4.50. The van der Waals surface area contributed by atoms with Crippen LogP contribution in [0.25, 0.3) is 0 Å². The quantitative estimate of drug-likeness (QED) is 0.402. The van der Waals surface area contributed by atoms with Gasteiger partial charge in [-0.3, -0.25) is 19.7 Å². The SMILES string of the molecule is CC(C)CNC(=O)COC(=O)C1CC1[N+](=O)[O-]. The first kappa shape index (κ1) is 13.4. The van der Waals surface area contributed by atoms with Crippen LogP contribution in [0.15, 0.2) is 0 Å². The number of nitro groups is 1. The van der Waals surface area contributed by atoms with Gasteiger partial charge in [-0.1, -0.05) is 13.8 Å². The average Bonchev–Trinajstić information content (AvgIpc) is 3.02. The minimum Gasteiger partial charge on any atom is -0.455 e. The van der Waals surface area contributed by atoms with E-state index in [4.69, 9.17) is 0 Å². The monoisotopic (exact) mass is 244 g/mol. The first-order chi connectivity index (χ1) is 7.91. The van der Waals surface area contributed by atoms with Gasteiger partial charge in [0.05, 0.1) is 0 Å². The third-order valence-electron chi connectivity index (χ3n) is 2.38. The van der Waals surface area contributed by atoms with Gasteiger partial charge in [0.1, 0.15) is 5.92 Å². The Morgan fingerprint density at radius 2 is 2.18 bits per heavy atom. The summed E-state index contributed by atoms with van der Waals surface area (Å²) in [7, 11) is 0. The van der Waals surface area contributed by atoms with Crippen molar-refractivity contribution in [1.82, 2.24) is 5.32 Å². The zero-order valence-electron chi connectivity index (χ0n) is 9.84. The molecular formula is C10H16N2O5. The van der Waals surface area contributed by atoms with Crippen molar-refractivity contribution in [3.63, 3.8) is 0 Å². The zero-order chi connectivity index (χ0) is 13.0. The molecule has 1 saturated carbocycles. The lowest BCUT2D eigenvalue weighted by Crippen LogP contribution is -2.32. The molecule has 0 saturated heterocycles. The van der Waals surface area contributed by atoms with Gasteiger partial charge in [0, 0.05) is 17.9 Å². The summed E-state index contributed by atoms with van der Waals surface area (Å²) >= 11 is 0. The number of nitrogens with one attached hydrogen (secondary N) is 1. The fourth-order valence-corrected chi connectivity index (χ4v) is 1.28.